The first-order valence-corrected chi connectivity index (χ1v) is 12.1. The Kier molecular flexibility index (Phi) is 9.80. The van der Waals surface area contributed by atoms with Crippen LogP contribution in [0.4, 0.5) is 10.5 Å². The van der Waals surface area contributed by atoms with Crippen molar-refractivity contribution in [3.63, 3.8) is 0 Å². The summed E-state index contributed by atoms with van der Waals surface area (Å²) in [5.41, 5.74) is 1.66. The highest BCUT2D eigenvalue weighted by atomic mass is 16.5. The molecule has 0 saturated heterocycles. The smallest absolute Gasteiger partial charge is 0.322 e. The third-order valence-electron chi connectivity index (χ3n) is 6.08. The normalized spacial score (nSPS) is 11.4. The molecule has 3 aromatic rings. The molecule has 8 nitrogen and oxygen atoms in total. The van der Waals surface area contributed by atoms with Crippen LogP contribution in [0.25, 0.3) is 0 Å². The summed E-state index contributed by atoms with van der Waals surface area (Å²) in [5, 5.41) is 2.89. The fourth-order valence-corrected chi connectivity index (χ4v) is 3.76. The standard InChI is InChI=1S/C28H35N3O5/c1-5-21(2)31(28(33)29-23-16-25(34-3)18-26(17-23)35-4)20-27(32)30(19-24-12-9-15-36-24)14-13-22-10-7-6-8-11-22/h6-12,15-18,21H,5,13-14,19-20H2,1-4H3,(H,29,33). The predicted octanol–water partition coefficient (Wildman–Crippen LogP) is 5.20. The van der Waals surface area contributed by atoms with E-state index in [1.807, 2.05) is 50.2 Å². The molecule has 1 heterocycles. The van der Waals surface area contributed by atoms with Gasteiger partial charge in [0.2, 0.25) is 5.91 Å². The lowest BCUT2D eigenvalue weighted by atomic mass is 10.1. The Morgan fingerprint density at radius 2 is 1.69 bits per heavy atom. The molecule has 0 aliphatic heterocycles. The van der Waals surface area contributed by atoms with E-state index in [9.17, 15) is 9.59 Å². The first kappa shape index (κ1) is 26.7. The summed E-state index contributed by atoms with van der Waals surface area (Å²) in [5.74, 6) is 1.66. The van der Waals surface area contributed by atoms with Crippen LogP contribution < -0.4 is 14.8 Å². The van der Waals surface area contributed by atoms with Crippen molar-refractivity contribution in [2.45, 2.75) is 39.3 Å². The molecule has 0 bridgehead atoms. The van der Waals surface area contributed by atoms with Gasteiger partial charge >= 0.3 is 6.03 Å². The van der Waals surface area contributed by atoms with Crippen LogP contribution in [0.1, 0.15) is 31.6 Å². The van der Waals surface area contributed by atoms with Gasteiger partial charge < -0.3 is 29.0 Å². The molecular formula is C28H35N3O5. The van der Waals surface area contributed by atoms with E-state index in [1.54, 1.807) is 54.5 Å². The summed E-state index contributed by atoms with van der Waals surface area (Å²) in [6, 6.07) is 18.3. The number of carbonyl (C=O) groups is 2. The third-order valence-corrected chi connectivity index (χ3v) is 6.08. The van der Waals surface area contributed by atoms with Gasteiger partial charge in [-0.15, -0.1) is 0 Å². The van der Waals surface area contributed by atoms with Gasteiger partial charge in [0.25, 0.3) is 0 Å². The first-order chi connectivity index (χ1) is 17.4. The van der Waals surface area contributed by atoms with Gasteiger partial charge in [-0.2, -0.15) is 0 Å². The molecule has 0 fully saturated rings. The topological polar surface area (TPSA) is 84.3 Å². The molecule has 1 unspecified atom stereocenters. The third kappa shape index (κ3) is 7.53. The van der Waals surface area contributed by atoms with E-state index in [-0.39, 0.29) is 24.5 Å². The highest BCUT2D eigenvalue weighted by molar-refractivity contribution is 5.93. The number of anilines is 1. The second-order valence-corrected chi connectivity index (χ2v) is 8.55. The summed E-state index contributed by atoms with van der Waals surface area (Å²) in [4.78, 5) is 30.1. The second-order valence-electron chi connectivity index (χ2n) is 8.55. The lowest BCUT2D eigenvalue weighted by Crippen LogP contribution is -2.48. The highest BCUT2D eigenvalue weighted by Crippen LogP contribution is 2.26. The van der Waals surface area contributed by atoms with Crippen LogP contribution in [0.15, 0.2) is 71.3 Å². The van der Waals surface area contributed by atoms with Crippen molar-refractivity contribution in [2.75, 3.05) is 32.6 Å². The number of ether oxygens (including phenoxy) is 2. The SMILES string of the molecule is CCC(C)N(CC(=O)N(CCc1ccccc1)Cc1ccco1)C(=O)Nc1cc(OC)cc(OC)c1. The second kappa shape index (κ2) is 13.2. The van der Waals surface area contributed by atoms with Gasteiger partial charge in [0, 0.05) is 36.5 Å². The van der Waals surface area contributed by atoms with E-state index in [0.717, 1.165) is 5.56 Å². The average Bonchev–Trinajstić information content (AvgIpc) is 3.42. The van der Waals surface area contributed by atoms with Crippen LogP contribution in [0.5, 0.6) is 11.5 Å². The molecule has 3 amide bonds. The number of hydrogen-bond donors (Lipinski definition) is 1. The van der Waals surface area contributed by atoms with Gasteiger partial charge in [0.05, 0.1) is 27.0 Å². The molecule has 1 aromatic heterocycles. The number of rotatable bonds is 12. The van der Waals surface area contributed by atoms with Crippen molar-refractivity contribution in [1.82, 2.24) is 9.80 Å². The fraction of sp³-hybridized carbons (Fsp3) is 0.357. The molecule has 3 rings (SSSR count). The molecule has 1 N–H and O–H groups in total. The van der Waals surface area contributed by atoms with Crippen LogP contribution in [0.2, 0.25) is 0 Å². The minimum atomic E-state index is -0.367. The Morgan fingerprint density at radius 3 is 2.28 bits per heavy atom. The molecular weight excluding hydrogens is 458 g/mol. The van der Waals surface area contributed by atoms with E-state index >= 15 is 0 Å². The van der Waals surface area contributed by atoms with Gasteiger partial charge in [-0.3, -0.25) is 4.79 Å². The van der Waals surface area contributed by atoms with Crippen molar-refractivity contribution < 1.29 is 23.5 Å². The number of urea groups is 1. The molecule has 36 heavy (non-hydrogen) atoms. The molecule has 2 aromatic carbocycles. The Labute approximate surface area is 212 Å². The summed E-state index contributed by atoms with van der Waals surface area (Å²) in [6.45, 7) is 4.70. The number of furan rings is 1. The summed E-state index contributed by atoms with van der Waals surface area (Å²) in [7, 11) is 3.10. The molecule has 0 radical (unpaired) electrons. The van der Waals surface area contributed by atoms with Crippen LogP contribution in [0.3, 0.4) is 0 Å². The van der Waals surface area contributed by atoms with Gasteiger partial charge in [0.15, 0.2) is 0 Å². The van der Waals surface area contributed by atoms with Crippen LogP contribution >= 0.6 is 0 Å². The number of methoxy groups -OCH3 is 2. The number of hydrogen-bond acceptors (Lipinski definition) is 5. The predicted molar refractivity (Wildman–Crippen MR) is 139 cm³/mol. The average molecular weight is 494 g/mol. The Morgan fingerprint density at radius 1 is 1.00 bits per heavy atom. The zero-order chi connectivity index (χ0) is 25.9. The molecule has 1 atom stereocenters. The van der Waals surface area contributed by atoms with Crippen LogP contribution in [-0.4, -0.2) is 55.1 Å². The van der Waals surface area contributed by atoms with Crippen molar-refractivity contribution in [1.29, 1.82) is 0 Å². The van der Waals surface area contributed by atoms with E-state index in [0.29, 0.717) is 48.9 Å². The maximum atomic E-state index is 13.5. The molecule has 192 valence electrons. The number of carbonyl (C=O) groups excluding carboxylic acids is 2. The van der Waals surface area contributed by atoms with E-state index < -0.39 is 0 Å². The zero-order valence-electron chi connectivity index (χ0n) is 21.4. The zero-order valence-corrected chi connectivity index (χ0v) is 21.4. The van der Waals surface area contributed by atoms with Crippen molar-refractivity contribution in [3.8, 4) is 11.5 Å². The maximum Gasteiger partial charge on any atom is 0.322 e. The number of benzene rings is 2. The molecule has 0 aliphatic rings. The largest absolute Gasteiger partial charge is 0.497 e. The fourth-order valence-electron chi connectivity index (χ4n) is 3.76. The summed E-state index contributed by atoms with van der Waals surface area (Å²) in [6.07, 6.45) is 2.99. The Balaban J connectivity index is 1.76. The van der Waals surface area contributed by atoms with E-state index in [2.05, 4.69) is 5.32 Å². The number of nitrogens with one attached hydrogen (secondary N) is 1. The molecule has 8 heteroatoms. The van der Waals surface area contributed by atoms with Crippen molar-refractivity contribution in [3.05, 3.63) is 78.3 Å². The molecule has 0 aliphatic carbocycles. The summed E-state index contributed by atoms with van der Waals surface area (Å²) < 4.78 is 16.1. The number of nitrogens with zero attached hydrogens (tertiary/aromatic N) is 2. The van der Waals surface area contributed by atoms with Crippen LogP contribution in [-0.2, 0) is 17.8 Å². The van der Waals surface area contributed by atoms with E-state index in [4.69, 9.17) is 13.9 Å². The van der Waals surface area contributed by atoms with E-state index in [1.165, 1.54) is 0 Å². The lowest BCUT2D eigenvalue weighted by Gasteiger charge is -2.31. The van der Waals surface area contributed by atoms with Gasteiger partial charge in [-0.05, 0) is 37.5 Å². The lowest BCUT2D eigenvalue weighted by molar-refractivity contribution is -0.133. The highest BCUT2D eigenvalue weighted by Gasteiger charge is 2.25. The van der Waals surface area contributed by atoms with Crippen molar-refractivity contribution in [2.24, 2.45) is 0 Å². The minimum Gasteiger partial charge on any atom is -0.497 e. The summed E-state index contributed by atoms with van der Waals surface area (Å²) >= 11 is 0. The van der Waals surface area contributed by atoms with Gasteiger partial charge in [-0.1, -0.05) is 37.3 Å². The Bertz CT molecular complexity index is 1080. The van der Waals surface area contributed by atoms with Crippen molar-refractivity contribution >= 4 is 17.6 Å². The van der Waals surface area contributed by atoms with Gasteiger partial charge in [-0.25, -0.2) is 4.79 Å². The van der Waals surface area contributed by atoms with Crippen LogP contribution in [0, 0.1) is 0 Å². The number of amides is 3. The Hall–Kier alpha value is -3.94. The minimum absolute atomic E-state index is 0.0581. The van der Waals surface area contributed by atoms with Gasteiger partial charge in [0.1, 0.15) is 23.8 Å². The molecule has 0 saturated carbocycles. The first-order valence-electron chi connectivity index (χ1n) is 12.1. The monoisotopic (exact) mass is 493 g/mol. The quantitative estimate of drug-likeness (QED) is 0.375. The maximum absolute atomic E-state index is 13.5. The molecule has 0 spiro atoms.